The number of hydrogen-bond donors (Lipinski definition) is 0. The molecule has 0 aliphatic carbocycles. The van der Waals surface area contributed by atoms with Crippen molar-refractivity contribution in [3.8, 4) is 22.5 Å². The number of benzene rings is 4. The highest BCUT2D eigenvalue weighted by Crippen LogP contribution is 2.56. The standard InChI is InChI=1S/C40H40N4/c1-9-31-29(8)40-43(30-15-11-10-12-16-30)38-39(44(40)33-18-14-13-17-32(31)33)42-37(35-27(6)21-24(3)22-28(35)7)36(41-38)34-25(4)19-23(2)20-26(34)5/h9-22,29,31,40H,1H2,2-8H3. The molecule has 5 aromatic rings. The zero-order valence-electron chi connectivity index (χ0n) is 26.8. The Balaban J connectivity index is 1.61. The Morgan fingerprint density at radius 1 is 0.636 bits per heavy atom. The van der Waals surface area contributed by atoms with Crippen LogP contribution in [0.25, 0.3) is 22.5 Å². The van der Waals surface area contributed by atoms with Crippen molar-refractivity contribution >= 4 is 23.0 Å². The molecule has 0 spiro atoms. The predicted molar refractivity (Wildman–Crippen MR) is 184 cm³/mol. The molecule has 3 atom stereocenters. The summed E-state index contributed by atoms with van der Waals surface area (Å²) in [6.07, 6.45) is 2.11. The first-order chi connectivity index (χ1) is 21.2. The van der Waals surface area contributed by atoms with E-state index in [2.05, 4.69) is 150 Å². The van der Waals surface area contributed by atoms with Crippen molar-refractivity contribution in [2.24, 2.45) is 5.92 Å². The Morgan fingerprint density at radius 3 is 1.64 bits per heavy atom. The van der Waals surface area contributed by atoms with Crippen molar-refractivity contribution in [3.05, 3.63) is 130 Å². The summed E-state index contributed by atoms with van der Waals surface area (Å²) in [5.41, 5.74) is 15.2. The van der Waals surface area contributed by atoms with E-state index in [0.717, 1.165) is 39.8 Å². The minimum absolute atomic E-state index is 0.00572. The van der Waals surface area contributed by atoms with Gasteiger partial charge in [-0.1, -0.05) is 84.8 Å². The molecule has 7 rings (SSSR count). The van der Waals surface area contributed by atoms with Crippen molar-refractivity contribution in [2.75, 3.05) is 9.80 Å². The molecule has 4 nitrogen and oxygen atoms in total. The Labute approximate surface area is 261 Å². The lowest BCUT2D eigenvalue weighted by Crippen LogP contribution is -2.48. The third-order valence-electron chi connectivity index (χ3n) is 9.55. The number of rotatable bonds is 4. The number of nitrogens with zero attached hydrogens (tertiary/aromatic N) is 4. The van der Waals surface area contributed by atoms with Gasteiger partial charge in [-0.05, 0) is 87.6 Å². The van der Waals surface area contributed by atoms with Crippen molar-refractivity contribution in [3.63, 3.8) is 0 Å². The average Bonchev–Trinajstić information content (AvgIpc) is 3.31. The minimum atomic E-state index is -0.00572. The van der Waals surface area contributed by atoms with Crippen LogP contribution in [0.4, 0.5) is 23.0 Å². The normalized spacial score (nSPS) is 18.6. The quantitative estimate of drug-likeness (QED) is 0.199. The minimum Gasteiger partial charge on any atom is -0.302 e. The smallest absolute Gasteiger partial charge is 0.179 e. The first-order valence-corrected chi connectivity index (χ1v) is 15.6. The van der Waals surface area contributed by atoms with Gasteiger partial charge in [0.1, 0.15) is 6.17 Å². The number of allylic oxidation sites excluding steroid dienone is 1. The lowest BCUT2D eigenvalue weighted by molar-refractivity contribution is 0.409. The number of aromatic nitrogens is 2. The van der Waals surface area contributed by atoms with Crippen molar-refractivity contribution in [1.82, 2.24) is 9.97 Å². The van der Waals surface area contributed by atoms with E-state index < -0.39 is 0 Å². The summed E-state index contributed by atoms with van der Waals surface area (Å²) in [4.78, 5) is 16.2. The zero-order valence-corrected chi connectivity index (χ0v) is 26.8. The summed E-state index contributed by atoms with van der Waals surface area (Å²) < 4.78 is 0. The molecule has 3 unspecified atom stereocenters. The summed E-state index contributed by atoms with van der Waals surface area (Å²) in [6.45, 7) is 19.8. The molecule has 220 valence electrons. The molecule has 0 N–H and O–H groups in total. The van der Waals surface area contributed by atoms with Crippen LogP contribution in [0.1, 0.15) is 51.8 Å². The second-order valence-corrected chi connectivity index (χ2v) is 12.8. The van der Waals surface area contributed by atoms with Gasteiger partial charge in [0.2, 0.25) is 0 Å². The largest absolute Gasteiger partial charge is 0.302 e. The zero-order chi connectivity index (χ0) is 30.9. The van der Waals surface area contributed by atoms with Crippen LogP contribution in [0, 0.1) is 47.5 Å². The number of aryl methyl sites for hydroxylation is 6. The molecule has 0 bridgehead atoms. The van der Waals surface area contributed by atoms with Crippen LogP contribution in [0.3, 0.4) is 0 Å². The summed E-state index contributed by atoms with van der Waals surface area (Å²) >= 11 is 0. The van der Waals surface area contributed by atoms with E-state index in [1.54, 1.807) is 0 Å². The van der Waals surface area contributed by atoms with Gasteiger partial charge in [0.25, 0.3) is 0 Å². The van der Waals surface area contributed by atoms with Crippen LogP contribution in [0.2, 0.25) is 0 Å². The van der Waals surface area contributed by atoms with Gasteiger partial charge in [0, 0.05) is 34.3 Å². The molecule has 3 heterocycles. The van der Waals surface area contributed by atoms with Crippen LogP contribution in [-0.2, 0) is 0 Å². The third kappa shape index (κ3) is 4.19. The lowest BCUT2D eigenvalue weighted by atomic mass is 9.80. The molecule has 1 aromatic heterocycles. The maximum absolute atomic E-state index is 5.70. The second-order valence-electron chi connectivity index (χ2n) is 12.8. The van der Waals surface area contributed by atoms with Crippen LogP contribution >= 0.6 is 0 Å². The number of hydrogen-bond acceptors (Lipinski definition) is 4. The van der Waals surface area contributed by atoms with E-state index in [1.807, 2.05) is 0 Å². The Hall–Kier alpha value is -4.70. The highest BCUT2D eigenvalue weighted by molar-refractivity contribution is 5.92. The van der Waals surface area contributed by atoms with Crippen molar-refractivity contribution in [1.29, 1.82) is 0 Å². The molecule has 2 aliphatic heterocycles. The Morgan fingerprint density at radius 2 is 1.11 bits per heavy atom. The van der Waals surface area contributed by atoms with Gasteiger partial charge in [-0.2, -0.15) is 0 Å². The van der Waals surface area contributed by atoms with Crippen molar-refractivity contribution in [2.45, 2.75) is 60.5 Å². The fourth-order valence-corrected chi connectivity index (χ4v) is 7.95. The maximum Gasteiger partial charge on any atom is 0.179 e. The number of para-hydroxylation sites is 2. The molecular weight excluding hydrogens is 536 g/mol. The molecule has 4 aromatic carbocycles. The first kappa shape index (κ1) is 28.1. The molecule has 0 amide bonds. The molecule has 0 radical (unpaired) electrons. The van der Waals surface area contributed by atoms with Gasteiger partial charge < -0.3 is 9.80 Å². The summed E-state index contributed by atoms with van der Waals surface area (Å²) in [6, 6.07) is 28.5. The Bertz CT molecular complexity index is 1890. The predicted octanol–water partition coefficient (Wildman–Crippen LogP) is 10.2. The maximum atomic E-state index is 5.70. The third-order valence-corrected chi connectivity index (χ3v) is 9.55. The molecule has 0 saturated carbocycles. The van der Waals surface area contributed by atoms with E-state index >= 15 is 0 Å². The summed E-state index contributed by atoms with van der Waals surface area (Å²) in [7, 11) is 0. The molecular formula is C40H40N4. The fourth-order valence-electron chi connectivity index (χ4n) is 7.95. The van der Waals surface area contributed by atoms with Gasteiger partial charge in [-0.25, -0.2) is 9.97 Å². The monoisotopic (exact) mass is 576 g/mol. The molecule has 4 heteroatoms. The van der Waals surface area contributed by atoms with Gasteiger partial charge in [0.05, 0.1) is 11.4 Å². The van der Waals surface area contributed by atoms with Crippen LogP contribution in [0.15, 0.2) is 91.5 Å². The van der Waals surface area contributed by atoms with E-state index in [9.17, 15) is 0 Å². The molecule has 44 heavy (non-hydrogen) atoms. The molecule has 2 aliphatic rings. The van der Waals surface area contributed by atoms with Crippen LogP contribution in [-0.4, -0.2) is 16.1 Å². The average molecular weight is 577 g/mol. The van der Waals surface area contributed by atoms with Gasteiger partial charge >= 0.3 is 0 Å². The topological polar surface area (TPSA) is 32.3 Å². The lowest BCUT2D eigenvalue weighted by Gasteiger charge is -2.44. The van der Waals surface area contributed by atoms with E-state index in [-0.39, 0.29) is 18.0 Å². The van der Waals surface area contributed by atoms with Gasteiger partial charge in [-0.15, -0.1) is 6.58 Å². The highest BCUT2D eigenvalue weighted by Gasteiger charge is 2.49. The fraction of sp³-hybridized carbons (Fsp3) is 0.250. The summed E-state index contributed by atoms with van der Waals surface area (Å²) in [5.74, 6) is 2.24. The van der Waals surface area contributed by atoms with Crippen LogP contribution < -0.4 is 9.80 Å². The van der Waals surface area contributed by atoms with Gasteiger partial charge in [0.15, 0.2) is 11.6 Å². The van der Waals surface area contributed by atoms with Crippen LogP contribution in [0.5, 0.6) is 0 Å². The first-order valence-electron chi connectivity index (χ1n) is 15.6. The summed E-state index contributed by atoms with van der Waals surface area (Å²) in [5, 5.41) is 0. The Kier molecular flexibility index (Phi) is 6.69. The van der Waals surface area contributed by atoms with E-state index in [1.165, 1.54) is 44.6 Å². The van der Waals surface area contributed by atoms with Crippen molar-refractivity contribution < 1.29 is 0 Å². The second kappa shape index (κ2) is 10.5. The number of anilines is 4. The number of fused-ring (bicyclic) bond motifs is 5. The SMILES string of the molecule is C=CC1c2ccccc2N2c3nc(-c4c(C)cc(C)cc4C)c(-c4c(C)cc(C)cc4C)nc3N(c3ccccc3)C2C1C. The van der Waals surface area contributed by atoms with E-state index in [0.29, 0.717) is 0 Å². The van der Waals surface area contributed by atoms with E-state index in [4.69, 9.17) is 9.97 Å². The molecule has 0 saturated heterocycles. The molecule has 0 fully saturated rings. The highest BCUT2D eigenvalue weighted by atomic mass is 15.5. The van der Waals surface area contributed by atoms with Gasteiger partial charge in [-0.3, -0.25) is 0 Å².